The number of aromatic nitrogens is 4. The normalized spacial score (nSPS) is 13.7. The topological polar surface area (TPSA) is 115 Å². The standard InChI is InChI=1S/C14H17N7O3/c1-19-11-10(13(23)20(2)14(19)24)21(8-18-11)6-5-17-12(22)9-7-15-3-4-16-9/h3,7-8,16H,4-6H2,1-2H3,(H,17,22). The van der Waals surface area contributed by atoms with Crippen LogP contribution < -0.4 is 21.9 Å². The molecule has 126 valence electrons. The fourth-order valence-corrected chi connectivity index (χ4v) is 2.47. The van der Waals surface area contributed by atoms with Crippen molar-refractivity contribution in [1.29, 1.82) is 0 Å². The smallest absolute Gasteiger partial charge is 0.332 e. The largest absolute Gasteiger partial charge is 0.374 e. The molecule has 2 aromatic rings. The minimum Gasteiger partial charge on any atom is -0.374 e. The van der Waals surface area contributed by atoms with Gasteiger partial charge in [-0.05, 0) is 0 Å². The van der Waals surface area contributed by atoms with Gasteiger partial charge in [0.2, 0.25) is 0 Å². The van der Waals surface area contributed by atoms with Crippen molar-refractivity contribution in [3.05, 3.63) is 39.1 Å². The van der Waals surface area contributed by atoms with Crippen LogP contribution in [0.3, 0.4) is 0 Å². The maximum atomic E-state index is 12.3. The third-order valence-electron chi connectivity index (χ3n) is 3.79. The Hall–Kier alpha value is -3.17. The van der Waals surface area contributed by atoms with E-state index in [1.165, 1.54) is 24.1 Å². The van der Waals surface area contributed by atoms with Crippen molar-refractivity contribution in [3.8, 4) is 0 Å². The minimum absolute atomic E-state index is 0.267. The molecule has 2 N–H and O–H groups in total. The first-order valence-electron chi connectivity index (χ1n) is 7.35. The average molecular weight is 331 g/mol. The number of fused-ring (bicyclic) bond motifs is 1. The lowest BCUT2D eigenvalue weighted by Crippen LogP contribution is -2.38. The van der Waals surface area contributed by atoms with Crippen LogP contribution in [0.15, 0.2) is 32.8 Å². The second kappa shape index (κ2) is 6.14. The molecule has 0 aromatic carbocycles. The van der Waals surface area contributed by atoms with Crippen LogP contribution in [0.2, 0.25) is 0 Å². The van der Waals surface area contributed by atoms with Crippen molar-refractivity contribution < 1.29 is 4.79 Å². The number of aryl methyl sites for hydroxylation is 1. The van der Waals surface area contributed by atoms with E-state index < -0.39 is 11.2 Å². The molecule has 0 unspecified atom stereocenters. The molecule has 3 heterocycles. The highest BCUT2D eigenvalue weighted by atomic mass is 16.2. The molecule has 0 saturated heterocycles. The highest BCUT2D eigenvalue weighted by Crippen LogP contribution is 2.04. The van der Waals surface area contributed by atoms with Gasteiger partial charge in [0.1, 0.15) is 5.70 Å². The van der Waals surface area contributed by atoms with E-state index in [0.29, 0.717) is 36.5 Å². The van der Waals surface area contributed by atoms with Gasteiger partial charge in [-0.15, -0.1) is 0 Å². The van der Waals surface area contributed by atoms with Gasteiger partial charge in [0.15, 0.2) is 11.2 Å². The van der Waals surface area contributed by atoms with Gasteiger partial charge in [-0.1, -0.05) is 0 Å². The number of hydrogen-bond donors (Lipinski definition) is 2. The molecule has 0 bridgehead atoms. The molecule has 0 radical (unpaired) electrons. The zero-order valence-electron chi connectivity index (χ0n) is 13.3. The van der Waals surface area contributed by atoms with Gasteiger partial charge >= 0.3 is 5.69 Å². The van der Waals surface area contributed by atoms with E-state index in [4.69, 9.17) is 0 Å². The molecular formula is C14H17N7O3. The number of rotatable bonds is 4. The quantitative estimate of drug-likeness (QED) is 0.677. The molecule has 10 heteroatoms. The minimum atomic E-state index is -0.429. The summed E-state index contributed by atoms with van der Waals surface area (Å²) in [5.74, 6) is -0.267. The number of carbonyl (C=O) groups excluding carboxylic acids is 1. The molecule has 1 aliphatic heterocycles. The number of amides is 1. The Bertz CT molecular complexity index is 977. The first-order valence-corrected chi connectivity index (χ1v) is 7.35. The first-order chi connectivity index (χ1) is 11.5. The predicted molar refractivity (Wildman–Crippen MR) is 87.8 cm³/mol. The zero-order chi connectivity index (χ0) is 17.3. The van der Waals surface area contributed by atoms with Crippen LogP contribution in [0, 0.1) is 0 Å². The van der Waals surface area contributed by atoms with Gasteiger partial charge in [0.05, 0.1) is 19.1 Å². The van der Waals surface area contributed by atoms with Crippen molar-refractivity contribution in [2.24, 2.45) is 19.1 Å². The van der Waals surface area contributed by atoms with E-state index in [0.717, 1.165) is 4.57 Å². The Morgan fingerprint density at radius 3 is 2.83 bits per heavy atom. The lowest BCUT2D eigenvalue weighted by Gasteiger charge is -2.12. The molecule has 10 nitrogen and oxygen atoms in total. The van der Waals surface area contributed by atoms with E-state index in [1.807, 2.05) is 0 Å². The number of nitrogens with zero attached hydrogens (tertiary/aromatic N) is 5. The van der Waals surface area contributed by atoms with Gasteiger partial charge in [-0.3, -0.25) is 23.7 Å². The summed E-state index contributed by atoms with van der Waals surface area (Å²) in [6.07, 6.45) is 4.60. The Labute approximate surface area is 136 Å². The summed E-state index contributed by atoms with van der Waals surface area (Å²) in [4.78, 5) is 44.2. The fraction of sp³-hybridized carbons (Fsp3) is 0.357. The highest BCUT2D eigenvalue weighted by Gasteiger charge is 2.15. The Morgan fingerprint density at radius 2 is 2.12 bits per heavy atom. The molecule has 0 fully saturated rings. The maximum absolute atomic E-state index is 12.3. The number of nitrogens with one attached hydrogen (secondary N) is 2. The Morgan fingerprint density at radius 1 is 1.33 bits per heavy atom. The van der Waals surface area contributed by atoms with Gasteiger partial charge in [-0.25, -0.2) is 9.78 Å². The molecule has 0 spiro atoms. The van der Waals surface area contributed by atoms with E-state index >= 15 is 0 Å². The van der Waals surface area contributed by atoms with Crippen molar-refractivity contribution in [2.45, 2.75) is 6.54 Å². The van der Waals surface area contributed by atoms with Crippen LogP contribution in [0.25, 0.3) is 11.2 Å². The third kappa shape index (κ3) is 2.62. The average Bonchev–Trinajstić information content (AvgIpc) is 3.03. The van der Waals surface area contributed by atoms with Gasteiger partial charge < -0.3 is 15.2 Å². The summed E-state index contributed by atoms with van der Waals surface area (Å²) >= 11 is 0. The number of imidazole rings is 1. The van der Waals surface area contributed by atoms with Crippen LogP contribution in [-0.4, -0.2) is 43.9 Å². The molecule has 0 aliphatic carbocycles. The molecule has 1 aliphatic rings. The molecule has 24 heavy (non-hydrogen) atoms. The van der Waals surface area contributed by atoms with Crippen molar-refractivity contribution in [1.82, 2.24) is 29.3 Å². The maximum Gasteiger partial charge on any atom is 0.332 e. The zero-order valence-corrected chi connectivity index (χ0v) is 13.3. The number of carbonyl (C=O) groups is 1. The van der Waals surface area contributed by atoms with Gasteiger partial charge in [0.25, 0.3) is 11.5 Å². The molecule has 2 aromatic heterocycles. The second-order valence-electron chi connectivity index (χ2n) is 5.33. The van der Waals surface area contributed by atoms with Gasteiger partial charge in [0, 0.05) is 33.4 Å². The third-order valence-corrected chi connectivity index (χ3v) is 3.79. The Balaban J connectivity index is 1.78. The summed E-state index contributed by atoms with van der Waals surface area (Å²) in [6, 6.07) is 0. The van der Waals surface area contributed by atoms with Crippen LogP contribution in [0.1, 0.15) is 0 Å². The summed E-state index contributed by atoms with van der Waals surface area (Å²) < 4.78 is 3.98. The molecule has 3 rings (SSSR count). The summed E-state index contributed by atoms with van der Waals surface area (Å²) in [5, 5.41) is 5.66. The number of hydrogen-bond acceptors (Lipinski definition) is 6. The lowest BCUT2D eigenvalue weighted by atomic mass is 10.4. The van der Waals surface area contributed by atoms with Gasteiger partial charge in [-0.2, -0.15) is 0 Å². The van der Waals surface area contributed by atoms with Crippen LogP contribution in [0.5, 0.6) is 0 Å². The van der Waals surface area contributed by atoms with E-state index in [2.05, 4.69) is 20.6 Å². The molecule has 1 amide bonds. The summed E-state index contributed by atoms with van der Waals surface area (Å²) in [5.41, 5.74) is 0.199. The van der Waals surface area contributed by atoms with Crippen LogP contribution in [-0.2, 0) is 25.4 Å². The SMILES string of the molecule is Cn1c(=O)c2c(ncn2CCNC(=O)C2=CN=CCN2)n(C)c1=O. The second-order valence-corrected chi connectivity index (χ2v) is 5.33. The highest BCUT2D eigenvalue weighted by molar-refractivity contribution is 5.93. The van der Waals surface area contributed by atoms with Crippen molar-refractivity contribution in [2.75, 3.05) is 13.1 Å². The predicted octanol–water partition coefficient (Wildman–Crippen LogP) is -1.93. The van der Waals surface area contributed by atoms with Crippen molar-refractivity contribution >= 4 is 23.3 Å². The van der Waals surface area contributed by atoms with E-state index in [1.54, 1.807) is 17.8 Å². The number of aliphatic imine (C=N–C) groups is 1. The monoisotopic (exact) mass is 331 g/mol. The molecular weight excluding hydrogens is 314 g/mol. The van der Waals surface area contributed by atoms with Crippen LogP contribution in [0.4, 0.5) is 0 Å². The molecule has 0 saturated carbocycles. The van der Waals surface area contributed by atoms with Crippen molar-refractivity contribution in [3.63, 3.8) is 0 Å². The molecule has 0 atom stereocenters. The van der Waals surface area contributed by atoms with E-state index in [9.17, 15) is 14.4 Å². The first kappa shape index (κ1) is 15.7. The fourth-order valence-electron chi connectivity index (χ4n) is 2.47. The van der Waals surface area contributed by atoms with Crippen LogP contribution >= 0.6 is 0 Å². The lowest BCUT2D eigenvalue weighted by molar-refractivity contribution is -0.117. The summed E-state index contributed by atoms with van der Waals surface area (Å²) in [6.45, 7) is 1.17. The van der Waals surface area contributed by atoms with E-state index in [-0.39, 0.29) is 5.91 Å². The summed E-state index contributed by atoms with van der Waals surface area (Å²) in [7, 11) is 2.98. The Kier molecular flexibility index (Phi) is 4.02.